The minimum atomic E-state index is -0.588. The molecule has 0 spiro atoms. The lowest BCUT2D eigenvalue weighted by Gasteiger charge is -2.08. The number of hydrogen-bond donors (Lipinski definition) is 2. The van der Waals surface area contributed by atoms with Crippen molar-refractivity contribution in [1.29, 1.82) is 0 Å². The lowest BCUT2D eigenvalue weighted by molar-refractivity contribution is -0.133. The predicted molar refractivity (Wildman–Crippen MR) is 59.4 cm³/mol. The third-order valence-electron chi connectivity index (χ3n) is 2.75. The first kappa shape index (κ1) is 11.6. The van der Waals surface area contributed by atoms with Crippen LogP contribution in [0.1, 0.15) is 12.0 Å². The van der Waals surface area contributed by atoms with Crippen molar-refractivity contribution in [3.05, 3.63) is 35.6 Å². The smallest absolute Gasteiger partial charge is 0.232 e. The number of nitrogens with one attached hydrogen (secondary N) is 2. The van der Waals surface area contributed by atoms with E-state index in [0.717, 1.165) is 5.56 Å². The van der Waals surface area contributed by atoms with Gasteiger partial charge < -0.3 is 10.6 Å². The van der Waals surface area contributed by atoms with Crippen LogP contribution >= 0.6 is 0 Å². The van der Waals surface area contributed by atoms with Crippen molar-refractivity contribution < 1.29 is 14.0 Å². The summed E-state index contributed by atoms with van der Waals surface area (Å²) in [4.78, 5) is 22.9. The molecule has 0 unspecified atom stereocenters. The molecule has 5 heteroatoms. The molecule has 1 aliphatic heterocycles. The van der Waals surface area contributed by atoms with E-state index in [1.165, 1.54) is 12.1 Å². The summed E-state index contributed by atoms with van der Waals surface area (Å²) in [5, 5.41) is 5.28. The molecule has 17 heavy (non-hydrogen) atoms. The lowest BCUT2D eigenvalue weighted by Crippen LogP contribution is -2.34. The highest BCUT2D eigenvalue weighted by atomic mass is 19.1. The minimum absolute atomic E-state index is 0.221. The molecule has 2 amide bonds. The van der Waals surface area contributed by atoms with Gasteiger partial charge >= 0.3 is 0 Å². The van der Waals surface area contributed by atoms with E-state index in [1.807, 2.05) is 0 Å². The fourth-order valence-electron chi connectivity index (χ4n) is 1.76. The first-order valence-electron chi connectivity index (χ1n) is 5.46. The maximum absolute atomic E-state index is 12.6. The van der Waals surface area contributed by atoms with Gasteiger partial charge in [0, 0.05) is 13.1 Å². The molecule has 2 rings (SSSR count). The van der Waals surface area contributed by atoms with Gasteiger partial charge in [-0.25, -0.2) is 4.39 Å². The summed E-state index contributed by atoms with van der Waals surface area (Å²) < 4.78 is 12.6. The van der Waals surface area contributed by atoms with Gasteiger partial charge in [-0.15, -0.1) is 0 Å². The van der Waals surface area contributed by atoms with Crippen molar-refractivity contribution >= 4 is 11.8 Å². The van der Waals surface area contributed by atoms with Gasteiger partial charge in [-0.05, 0) is 24.1 Å². The highest BCUT2D eigenvalue weighted by Gasteiger charge is 2.30. The fourth-order valence-corrected chi connectivity index (χ4v) is 1.76. The van der Waals surface area contributed by atoms with E-state index in [0.29, 0.717) is 19.5 Å². The van der Waals surface area contributed by atoms with Crippen LogP contribution in [0.2, 0.25) is 0 Å². The summed E-state index contributed by atoms with van der Waals surface area (Å²) in [5.74, 6) is -1.39. The molecule has 1 aliphatic rings. The lowest BCUT2D eigenvalue weighted by atomic mass is 10.1. The molecular formula is C12H13FN2O2. The second-order valence-electron chi connectivity index (χ2n) is 3.98. The SMILES string of the molecule is O=C1NCC[C@H]1C(=O)NCc1ccc(F)cc1. The highest BCUT2D eigenvalue weighted by molar-refractivity contribution is 6.01. The highest BCUT2D eigenvalue weighted by Crippen LogP contribution is 2.09. The molecule has 90 valence electrons. The van der Waals surface area contributed by atoms with Crippen molar-refractivity contribution in [2.75, 3.05) is 6.54 Å². The third-order valence-corrected chi connectivity index (χ3v) is 2.75. The van der Waals surface area contributed by atoms with Crippen LogP contribution in [0.25, 0.3) is 0 Å². The van der Waals surface area contributed by atoms with Crippen LogP contribution in [-0.4, -0.2) is 18.4 Å². The molecule has 0 radical (unpaired) electrons. The molecule has 0 saturated carbocycles. The number of halogens is 1. The van der Waals surface area contributed by atoms with Crippen molar-refractivity contribution in [3.8, 4) is 0 Å². The largest absolute Gasteiger partial charge is 0.355 e. The number of hydrogen-bond acceptors (Lipinski definition) is 2. The zero-order valence-corrected chi connectivity index (χ0v) is 9.20. The molecule has 0 aromatic heterocycles. The average molecular weight is 236 g/mol. The van der Waals surface area contributed by atoms with E-state index in [-0.39, 0.29) is 17.6 Å². The van der Waals surface area contributed by atoms with Crippen LogP contribution in [0.4, 0.5) is 4.39 Å². The Bertz CT molecular complexity index is 431. The molecule has 0 aliphatic carbocycles. The first-order chi connectivity index (χ1) is 8.16. The fraction of sp³-hybridized carbons (Fsp3) is 0.333. The van der Waals surface area contributed by atoms with Gasteiger partial charge in [0.25, 0.3) is 0 Å². The minimum Gasteiger partial charge on any atom is -0.355 e. The van der Waals surface area contributed by atoms with E-state index in [9.17, 15) is 14.0 Å². The van der Waals surface area contributed by atoms with Crippen LogP contribution in [0.5, 0.6) is 0 Å². The number of amides is 2. The Morgan fingerprint density at radius 1 is 1.41 bits per heavy atom. The Kier molecular flexibility index (Phi) is 3.37. The zero-order valence-electron chi connectivity index (χ0n) is 9.20. The van der Waals surface area contributed by atoms with Gasteiger partial charge in [-0.3, -0.25) is 9.59 Å². The van der Waals surface area contributed by atoms with Crippen LogP contribution in [0.15, 0.2) is 24.3 Å². The van der Waals surface area contributed by atoms with Crippen LogP contribution in [-0.2, 0) is 16.1 Å². The molecule has 1 atom stereocenters. The van der Waals surface area contributed by atoms with Gasteiger partial charge in [-0.2, -0.15) is 0 Å². The Labute approximate surface area is 98.2 Å². The number of rotatable bonds is 3. The van der Waals surface area contributed by atoms with Gasteiger partial charge in [0.15, 0.2) is 0 Å². The average Bonchev–Trinajstić information content (AvgIpc) is 2.74. The van der Waals surface area contributed by atoms with Gasteiger partial charge in [0.1, 0.15) is 11.7 Å². The summed E-state index contributed by atoms with van der Waals surface area (Å²) in [7, 11) is 0. The molecule has 1 heterocycles. The topological polar surface area (TPSA) is 58.2 Å². The summed E-state index contributed by atoms with van der Waals surface area (Å²) in [6.45, 7) is 0.858. The Morgan fingerprint density at radius 2 is 2.12 bits per heavy atom. The van der Waals surface area contributed by atoms with E-state index in [1.54, 1.807) is 12.1 Å². The van der Waals surface area contributed by atoms with E-state index >= 15 is 0 Å². The van der Waals surface area contributed by atoms with E-state index in [2.05, 4.69) is 10.6 Å². The van der Waals surface area contributed by atoms with Crippen LogP contribution in [0.3, 0.4) is 0 Å². The van der Waals surface area contributed by atoms with Crippen LogP contribution < -0.4 is 10.6 Å². The van der Waals surface area contributed by atoms with Gasteiger partial charge in [0.2, 0.25) is 11.8 Å². The summed E-state index contributed by atoms with van der Waals surface area (Å²) in [6.07, 6.45) is 0.536. The molecule has 2 N–H and O–H groups in total. The van der Waals surface area contributed by atoms with Crippen molar-refractivity contribution in [2.24, 2.45) is 5.92 Å². The van der Waals surface area contributed by atoms with E-state index in [4.69, 9.17) is 0 Å². The number of carbonyl (C=O) groups is 2. The molecular weight excluding hydrogens is 223 g/mol. The van der Waals surface area contributed by atoms with E-state index < -0.39 is 5.92 Å². The Hall–Kier alpha value is -1.91. The molecule has 1 fully saturated rings. The second kappa shape index (κ2) is 4.95. The monoisotopic (exact) mass is 236 g/mol. The normalized spacial score (nSPS) is 18.9. The molecule has 1 aromatic rings. The third kappa shape index (κ3) is 2.81. The summed E-state index contributed by atoms with van der Waals surface area (Å²) >= 11 is 0. The number of carbonyl (C=O) groups excluding carboxylic acids is 2. The molecule has 1 saturated heterocycles. The van der Waals surface area contributed by atoms with Crippen molar-refractivity contribution in [1.82, 2.24) is 10.6 Å². The summed E-state index contributed by atoms with van der Waals surface area (Å²) in [6, 6.07) is 5.88. The maximum Gasteiger partial charge on any atom is 0.232 e. The Balaban J connectivity index is 1.87. The zero-order chi connectivity index (χ0) is 12.3. The number of benzene rings is 1. The molecule has 4 nitrogen and oxygen atoms in total. The van der Waals surface area contributed by atoms with Crippen molar-refractivity contribution in [2.45, 2.75) is 13.0 Å². The van der Waals surface area contributed by atoms with Gasteiger partial charge in [0.05, 0.1) is 0 Å². The second-order valence-corrected chi connectivity index (χ2v) is 3.98. The summed E-state index contributed by atoms with van der Waals surface area (Å²) in [5.41, 5.74) is 0.804. The van der Waals surface area contributed by atoms with Gasteiger partial charge in [-0.1, -0.05) is 12.1 Å². The standard InChI is InChI=1S/C12H13FN2O2/c13-9-3-1-8(2-4-9)7-15-12(17)10-5-6-14-11(10)16/h1-4,10H,5-7H2,(H,14,16)(H,15,17)/t10-/m1/s1. The van der Waals surface area contributed by atoms with Crippen molar-refractivity contribution in [3.63, 3.8) is 0 Å². The Morgan fingerprint density at radius 3 is 2.71 bits per heavy atom. The molecule has 0 bridgehead atoms. The maximum atomic E-state index is 12.6. The predicted octanol–water partition coefficient (Wildman–Crippen LogP) is 0.578. The molecule has 1 aromatic carbocycles. The van der Waals surface area contributed by atoms with Crippen LogP contribution in [0, 0.1) is 11.7 Å². The quantitative estimate of drug-likeness (QED) is 0.754. The first-order valence-corrected chi connectivity index (χ1v) is 5.46.